The van der Waals surface area contributed by atoms with Crippen LogP contribution in [-0.4, -0.2) is 78.5 Å². The molecule has 226 valence electrons. The molecule has 0 aromatic carbocycles. The molecule has 0 aromatic rings. The Labute approximate surface area is 232 Å². The van der Waals surface area contributed by atoms with E-state index >= 15 is 0 Å². The molecule has 0 unspecified atom stereocenters. The Balaban J connectivity index is 3.16. The van der Waals surface area contributed by atoms with E-state index in [1.807, 2.05) is 0 Å². The van der Waals surface area contributed by atoms with Crippen LogP contribution in [0.3, 0.4) is 0 Å². The highest BCUT2D eigenvalue weighted by Crippen LogP contribution is 2.13. The standard InChI is InChI=1S/C30H58O8/c1-3-4-5-6-7-8-9-10-11-12-13-14-15-16-17-18-30(32)38-28-27-37-26-25-36-24-23-35-22-21-34-20-19-29(31)33-2/h3-28H2,1-2H3. The second-order valence-electron chi connectivity index (χ2n) is 9.70. The summed E-state index contributed by atoms with van der Waals surface area (Å²) in [6, 6.07) is 0. The number of methoxy groups -OCH3 is 1. The van der Waals surface area contributed by atoms with Crippen molar-refractivity contribution in [3.05, 3.63) is 0 Å². The van der Waals surface area contributed by atoms with E-state index in [1.54, 1.807) is 0 Å². The monoisotopic (exact) mass is 546 g/mol. The SMILES string of the molecule is CCCCCCCCCCCCCCCCCC(=O)OCCOCCOCCOCCOCCC(=O)OC. The Morgan fingerprint density at radius 1 is 0.421 bits per heavy atom. The molecule has 0 aliphatic rings. The van der Waals surface area contributed by atoms with Crippen LogP contribution in [0.15, 0.2) is 0 Å². The number of carbonyl (C=O) groups is 2. The smallest absolute Gasteiger partial charge is 0.307 e. The molecule has 0 heterocycles. The van der Waals surface area contributed by atoms with Gasteiger partial charge in [0.2, 0.25) is 0 Å². The fourth-order valence-corrected chi connectivity index (χ4v) is 3.95. The maximum absolute atomic E-state index is 11.8. The van der Waals surface area contributed by atoms with Gasteiger partial charge in [-0.05, 0) is 6.42 Å². The summed E-state index contributed by atoms with van der Waals surface area (Å²) in [5.74, 6) is -0.416. The van der Waals surface area contributed by atoms with E-state index in [0.717, 1.165) is 12.8 Å². The molecular weight excluding hydrogens is 488 g/mol. The van der Waals surface area contributed by atoms with Crippen LogP contribution in [0.4, 0.5) is 0 Å². The first-order valence-corrected chi connectivity index (χ1v) is 15.2. The average Bonchev–Trinajstić information content (AvgIpc) is 2.92. The summed E-state index contributed by atoms with van der Waals surface area (Å²) >= 11 is 0. The van der Waals surface area contributed by atoms with E-state index in [1.165, 1.54) is 90.6 Å². The van der Waals surface area contributed by atoms with Crippen LogP contribution < -0.4 is 0 Å². The number of unbranched alkanes of at least 4 members (excludes halogenated alkanes) is 14. The Kier molecular flexibility index (Phi) is 31.0. The third kappa shape index (κ3) is 31.0. The lowest BCUT2D eigenvalue weighted by atomic mass is 10.0. The van der Waals surface area contributed by atoms with Crippen molar-refractivity contribution in [2.24, 2.45) is 0 Å². The molecule has 0 radical (unpaired) electrons. The summed E-state index contributed by atoms with van der Waals surface area (Å²) < 4.78 is 31.2. The van der Waals surface area contributed by atoms with E-state index in [9.17, 15) is 9.59 Å². The molecule has 0 fully saturated rings. The fraction of sp³-hybridized carbons (Fsp3) is 0.933. The maximum atomic E-state index is 11.8. The highest BCUT2D eigenvalue weighted by atomic mass is 16.6. The van der Waals surface area contributed by atoms with Gasteiger partial charge in [0.1, 0.15) is 6.61 Å². The highest BCUT2D eigenvalue weighted by Gasteiger charge is 2.03. The van der Waals surface area contributed by atoms with Gasteiger partial charge in [-0.2, -0.15) is 0 Å². The van der Waals surface area contributed by atoms with Crippen LogP contribution in [0.5, 0.6) is 0 Å². The molecule has 0 rings (SSSR count). The fourth-order valence-electron chi connectivity index (χ4n) is 3.95. The highest BCUT2D eigenvalue weighted by molar-refractivity contribution is 5.69. The van der Waals surface area contributed by atoms with Crippen molar-refractivity contribution in [3.8, 4) is 0 Å². The molecule has 0 N–H and O–H groups in total. The number of hydrogen-bond acceptors (Lipinski definition) is 8. The Morgan fingerprint density at radius 3 is 1.21 bits per heavy atom. The summed E-state index contributed by atoms with van der Waals surface area (Å²) in [5, 5.41) is 0. The van der Waals surface area contributed by atoms with E-state index in [-0.39, 0.29) is 25.0 Å². The van der Waals surface area contributed by atoms with Gasteiger partial charge in [0.05, 0.1) is 66.4 Å². The number of esters is 2. The Hall–Kier alpha value is -1.22. The van der Waals surface area contributed by atoms with Gasteiger partial charge >= 0.3 is 11.9 Å². The number of hydrogen-bond donors (Lipinski definition) is 0. The van der Waals surface area contributed by atoms with Crippen molar-refractivity contribution in [2.45, 2.75) is 116 Å². The average molecular weight is 547 g/mol. The van der Waals surface area contributed by atoms with Crippen LogP contribution in [-0.2, 0) is 38.0 Å². The van der Waals surface area contributed by atoms with Crippen molar-refractivity contribution in [1.82, 2.24) is 0 Å². The minimum atomic E-state index is -0.282. The Bertz CT molecular complexity index is 501. The molecule has 38 heavy (non-hydrogen) atoms. The quantitative estimate of drug-likeness (QED) is 0.0727. The topological polar surface area (TPSA) is 89.5 Å². The van der Waals surface area contributed by atoms with Crippen molar-refractivity contribution in [1.29, 1.82) is 0 Å². The van der Waals surface area contributed by atoms with Gasteiger partial charge in [-0.3, -0.25) is 9.59 Å². The van der Waals surface area contributed by atoms with Crippen LogP contribution in [0.1, 0.15) is 116 Å². The van der Waals surface area contributed by atoms with E-state index in [0.29, 0.717) is 59.3 Å². The summed E-state index contributed by atoms with van der Waals surface area (Å²) in [5.41, 5.74) is 0. The minimum Gasteiger partial charge on any atom is -0.469 e. The lowest BCUT2D eigenvalue weighted by Gasteiger charge is -2.08. The predicted octanol–water partition coefficient (Wildman–Crippen LogP) is 6.42. The van der Waals surface area contributed by atoms with Gasteiger partial charge in [0, 0.05) is 6.42 Å². The van der Waals surface area contributed by atoms with Crippen molar-refractivity contribution in [3.63, 3.8) is 0 Å². The van der Waals surface area contributed by atoms with Crippen molar-refractivity contribution in [2.75, 3.05) is 66.6 Å². The summed E-state index contributed by atoms with van der Waals surface area (Å²) in [6.45, 7) is 6.01. The second kappa shape index (κ2) is 32.0. The van der Waals surface area contributed by atoms with Gasteiger partial charge < -0.3 is 28.4 Å². The lowest BCUT2D eigenvalue weighted by Crippen LogP contribution is -2.14. The zero-order chi connectivity index (χ0) is 27.8. The molecule has 0 aliphatic heterocycles. The van der Waals surface area contributed by atoms with Crippen LogP contribution >= 0.6 is 0 Å². The second-order valence-corrected chi connectivity index (χ2v) is 9.70. The van der Waals surface area contributed by atoms with Gasteiger partial charge in [0.15, 0.2) is 0 Å². The van der Waals surface area contributed by atoms with Gasteiger partial charge in [-0.25, -0.2) is 0 Å². The van der Waals surface area contributed by atoms with Gasteiger partial charge in [-0.1, -0.05) is 96.8 Å². The van der Waals surface area contributed by atoms with Crippen molar-refractivity contribution < 1.29 is 38.0 Å². The molecule has 0 saturated carbocycles. The lowest BCUT2D eigenvalue weighted by molar-refractivity contribution is -0.145. The summed E-state index contributed by atoms with van der Waals surface area (Å²) in [7, 11) is 1.36. The normalized spacial score (nSPS) is 11.1. The third-order valence-corrected chi connectivity index (χ3v) is 6.27. The zero-order valence-corrected chi connectivity index (χ0v) is 24.7. The molecule has 8 heteroatoms. The third-order valence-electron chi connectivity index (χ3n) is 6.27. The summed E-state index contributed by atoms with van der Waals surface area (Å²) in [6.07, 6.45) is 20.5. The predicted molar refractivity (Wildman–Crippen MR) is 150 cm³/mol. The molecule has 0 saturated heterocycles. The van der Waals surface area contributed by atoms with E-state index in [2.05, 4.69) is 11.7 Å². The molecule has 0 bridgehead atoms. The van der Waals surface area contributed by atoms with Crippen LogP contribution in [0.25, 0.3) is 0 Å². The van der Waals surface area contributed by atoms with Gasteiger partial charge in [0.25, 0.3) is 0 Å². The largest absolute Gasteiger partial charge is 0.469 e. The molecule has 0 amide bonds. The number of ether oxygens (including phenoxy) is 6. The van der Waals surface area contributed by atoms with E-state index in [4.69, 9.17) is 23.7 Å². The maximum Gasteiger partial charge on any atom is 0.307 e. The first-order chi connectivity index (χ1) is 18.7. The molecule has 0 atom stereocenters. The molecule has 0 spiro atoms. The molecule has 0 aliphatic carbocycles. The van der Waals surface area contributed by atoms with Crippen molar-refractivity contribution >= 4 is 11.9 Å². The van der Waals surface area contributed by atoms with Crippen LogP contribution in [0, 0.1) is 0 Å². The number of rotatable bonds is 31. The first-order valence-electron chi connectivity index (χ1n) is 15.2. The minimum absolute atomic E-state index is 0.133. The molecule has 8 nitrogen and oxygen atoms in total. The molecule has 0 aromatic heterocycles. The number of carbonyl (C=O) groups excluding carboxylic acids is 2. The summed E-state index contributed by atoms with van der Waals surface area (Å²) in [4.78, 5) is 22.7. The Morgan fingerprint density at radius 2 is 0.789 bits per heavy atom. The first kappa shape index (κ1) is 36.8. The molecular formula is C30H58O8. The van der Waals surface area contributed by atoms with E-state index < -0.39 is 0 Å². The van der Waals surface area contributed by atoms with Gasteiger partial charge in [-0.15, -0.1) is 0 Å². The van der Waals surface area contributed by atoms with Crippen LogP contribution in [0.2, 0.25) is 0 Å². The zero-order valence-electron chi connectivity index (χ0n) is 24.7.